The van der Waals surface area contributed by atoms with Gasteiger partial charge in [-0.1, -0.05) is 57.5 Å². The second-order valence-electron chi connectivity index (χ2n) is 8.67. The number of amides is 1. The van der Waals surface area contributed by atoms with Gasteiger partial charge in [0, 0.05) is 30.3 Å². The van der Waals surface area contributed by atoms with Crippen LogP contribution in [0.25, 0.3) is 0 Å². The van der Waals surface area contributed by atoms with Crippen LogP contribution in [0.3, 0.4) is 0 Å². The van der Waals surface area contributed by atoms with Gasteiger partial charge in [0.25, 0.3) is 5.91 Å². The lowest BCUT2D eigenvalue weighted by molar-refractivity contribution is 0.0247. The topological polar surface area (TPSA) is 60.9 Å². The lowest BCUT2D eigenvalue weighted by Crippen LogP contribution is -2.61. The molecule has 1 aliphatic heterocycles. The van der Waals surface area contributed by atoms with Gasteiger partial charge >= 0.3 is 0 Å². The largest absolute Gasteiger partial charge is 0.508 e. The van der Waals surface area contributed by atoms with E-state index in [0.717, 1.165) is 44.1 Å². The molecule has 0 aromatic heterocycles. The molecule has 1 aliphatic rings. The Morgan fingerprint density at radius 3 is 2.12 bits per heavy atom. The molecule has 1 amide bonds. The molecule has 1 saturated heterocycles. The van der Waals surface area contributed by atoms with Crippen LogP contribution in [0.5, 0.6) is 5.75 Å². The lowest BCUT2D eigenvalue weighted by Gasteiger charge is -2.45. The van der Waals surface area contributed by atoms with Gasteiger partial charge in [0.05, 0.1) is 0 Å². The van der Waals surface area contributed by atoms with Gasteiger partial charge < -0.3 is 10.0 Å². The minimum Gasteiger partial charge on any atom is -0.508 e. The normalized spacial score (nSPS) is 14.3. The Labute approximate surface area is 193 Å². The number of rotatable bonds is 9. The number of aromatic hydroxyl groups is 1. The predicted octanol–water partition coefficient (Wildman–Crippen LogP) is 5.25. The minimum atomic E-state index is 0.0691. The molecule has 1 heterocycles. The zero-order valence-corrected chi connectivity index (χ0v) is 20.0. The minimum absolute atomic E-state index is 0.0691. The molecule has 1 fully saturated rings. The fourth-order valence-corrected chi connectivity index (χ4v) is 3.67. The third-order valence-electron chi connectivity index (χ3n) is 6.08. The Balaban J connectivity index is 0.000000336. The van der Waals surface area contributed by atoms with Crippen LogP contribution in [0, 0.1) is 5.92 Å². The van der Waals surface area contributed by atoms with E-state index >= 15 is 0 Å². The smallest absolute Gasteiger partial charge is 0.253 e. The second-order valence-corrected chi connectivity index (χ2v) is 8.67. The molecule has 0 radical (unpaired) electrons. The summed E-state index contributed by atoms with van der Waals surface area (Å²) in [6.07, 6.45) is 3.62. The van der Waals surface area contributed by atoms with E-state index in [9.17, 15) is 14.7 Å². The average Bonchev–Trinajstić information content (AvgIpc) is 2.77. The van der Waals surface area contributed by atoms with Crippen molar-refractivity contribution in [3.05, 3.63) is 65.7 Å². The molecule has 1 unspecified atom stereocenters. The van der Waals surface area contributed by atoms with Crippen molar-refractivity contribution >= 4 is 11.7 Å². The van der Waals surface area contributed by atoms with Crippen molar-refractivity contribution < 1.29 is 14.7 Å². The van der Waals surface area contributed by atoms with Gasteiger partial charge in [0.1, 0.15) is 5.75 Å². The molecule has 3 rings (SSSR count). The molecule has 0 saturated carbocycles. The third kappa shape index (κ3) is 7.79. The maximum atomic E-state index is 12.4. The molecule has 2 aromatic rings. The molecular weight excluding hydrogens is 400 g/mol. The van der Waals surface area contributed by atoms with Gasteiger partial charge in [-0.25, -0.2) is 0 Å². The summed E-state index contributed by atoms with van der Waals surface area (Å²) in [5, 5.41) is 9.31. The van der Waals surface area contributed by atoms with E-state index in [2.05, 4.69) is 25.7 Å². The molecule has 0 bridgehead atoms. The highest BCUT2D eigenvalue weighted by Gasteiger charge is 2.34. The predicted molar refractivity (Wildman–Crippen MR) is 130 cm³/mol. The molecule has 32 heavy (non-hydrogen) atoms. The Morgan fingerprint density at radius 2 is 1.62 bits per heavy atom. The highest BCUT2D eigenvalue weighted by atomic mass is 16.3. The number of hydrogen-bond acceptors (Lipinski definition) is 4. The number of phenolic OH excluding ortho intramolecular Hbond substituents is 1. The van der Waals surface area contributed by atoms with Crippen molar-refractivity contribution in [2.75, 3.05) is 26.2 Å². The van der Waals surface area contributed by atoms with Gasteiger partial charge in [0.2, 0.25) is 0 Å². The summed E-state index contributed by atoms with van der Waals surface area (Å²) in [6, 6.07) is 16.3. The SMILES string of the molecule is CC(=O)c1ccccc1.CCCN(CCC(C)CC)C1CN(C(=O)c2ccc(O)cc2)C1. The molecule has 5 nitrogen and oxygen atoms in total. The van der Waals surface area contributed by atoms with Crippen LogP contribution in [0.1, 0.15) is 67.7 Å². The maximum Gasteiger partial charge on any atom is 0.253 e. The van der Waals surface area contributed by atoms with E-state index in [0.29, 0.717) is 11.6 Å². The van der Waals surface area contributed by atoms with Crippen LogP contribution in [-0.2, 0) is 0 Å². The maximum absolute atomic E-state index is 12.4. The van der Waals surface area contributed by atoms with Gasteiger partial charge in [-0.2, -0.15) is 0 Å². The molecular formula is C27H38N2O3. The Morgan fingerprint density at radius 1 is 1.00 bits per heavy atom. The number of carbonyl (C=O) groups excluding carboxylic acids is 2. The van der Waals surface area contributed by atoms with Crippen LogP contribution in [-0.4, -0.2) is 58.8 Å². The van der Waals surface area contributed by atoms with Crippen molar-refractivity contribution in [3.8, 4) is 5.75 Å². The number of ketones is 1. The average molecular weight is 439 g/mol. The number of phenols is 1. The van der Waals surface area contributed by atoms with Crippen molar-refractivity contribution in [1.82, 2.24) is 9.80 Å². The van der Waals surface area contributed by atoms with Gasteiger partial charge in [0.15, 0.2) is 5.78 Å². The molecule has 1 atom stereocenters. The van der Waals surface area contributed by atoms with Crippen molar-refractivity contribution in [1.29, 1.82) is 0 Å². The fraction of sp³-hybridized carbons (Fsp3) is 0.481. The van der Waals surface area contributed by atoms with E-state index in [1.54, 1.807) is 31.2 Å². The van der Waals surface area contributed by atoms with Crippen LogP contribution in [0.15, 0.2) is 54.6 Å². The standard InChI is InChI=1S/C19H30N2O2.C8H8O/c1-4-11-20(12-10-15(3)5-2)17-13-21(14-17)19(23)16-6-8-18(22)9-7-16;1-7(9)8-5-3-2-4-6-8/h6-9,15,17,22H,4-5,10-14H2,1-3H3;2-6H,1H3. The van der Waals surface area contributed by atoms with E-state index < -0.39 is 0 Å². The van der Waals surface area contributed by atoms with Crippen LogP contribution >= 0.6 is 0 Å². The molecule has 0 aliphatic carbocycles. The lowest BCUT2D eigenvalue weighted by atomic mass is 10.0. The molecule has 0 spiro atoms. The van der Waals surface area contributed by atoms with Crippen LogP contribution in [0.2, 0.25) is 0 Å². The first kappa shape index (κ1) is 25.6. The van der Waals surface area contributed by atoms with Crippen molar-refractivity contribution in [2.45, 2.75) is 53.0 Å². The first-order valence-corrected chi connectivity index (χ1v) is 11.7. The number of carbonyl (C=O) groups is 2. The van der Waals surface area contributed by atoms with Gasteiger partial charge in [-0.3, -0.25) is 14.5 Å². The van der Waals surface area contributed by atoms with E-state index in [1.165, 1.54) is 12.8 Å². The summed E-state index contributed by atoms with van der Waals surface area (Å²) in [6.45, 7) is 12.2. The van der Waals surface area contributed by atoms with E-state index in [-0.39, 0.29) is 17.4 Å². The Hall–Kier alpha value is -2.66. The number of benzene rings is 2. The molecule has 5 heteroatoms. The fourth-order valence-electron chi connectivity index (χ4n) is 3.67. The number of likely N-dealkylation sites (tertiary alicyclic amines) is 1. The van der Waals surface area contributed by atoms with E-state index in [1.807, 2.05) is 35.2 Å². The molecule has 174 valence electrons. The van der Waals surface area contributed by atoms with Gasteiger partial charge in [-0.05, 0) is 63.0 Å². The summed E-state index contributed by atoms with van der Waals surface area (Å²) < 4.78 is 0. The Bertz CT molecular complexity index is 830. The number of hydrogen-bond donors (Lipinski definition) is 1. The highest BCUT2D eigenvalue weighted by molar-refractivity contribution is 5.95. The quantitative estimate of drug-likeness (QED) is 0.543. The zero-order valence-electron chi connectivity index (χ0n) is 20.0. The third-order valence-corrected chi connectivity index (χ3v) is 6.08. The monoisotopic (exact) mass is 438 g/mol. The zero-order chi connectivity index (χ0) is 23.5. The van der Waals surface area contributed by atoms with Crippen molar-refractivity contribution in [2.24, 2.45) is 5.92 Å². The van der Waals surface area contributed by atoms with Gasteiger partial charge in [-0.15, -0.1) is 0 Å². The van der Waals surface area contributed by atoms with Crippen LogP contribution < -0.4 is 0 Å². The number of Topliss-reactive ketones (excluding diaryl/α,β-unsaturated/α-hetero) is 1. The number of nitrogens with zero attached hydrogens (tertiary/aromatic N) is 2. The summed E-state index contributed by atoms with van der Waals surface area (Å²) in [5.41, 5.74) is 1.43. The molecule has 1 N–H and O–H groups in total. The van der Waals surface area contributed by atoms with E-state index in [4.69, 9.17) is 0 Å². The first-order valence-electron chi connectivity index (χ1n) is 11.7. The molecule has 2 aromatic carbocycles. The Kier molecular flexibility index (Phi) is 10.4. The first-order chi connectivity index (χ1) is 15.3. The summed E-state index contributed by atoms with van der Waals surface area (Å²) >= 11 is 0. The highest BCUT2D eigenvalue weighted by Crippen LogP contribution is 2.21. The van der Waals surface area contributed by atoms with Crippen LogP contribution in [0.4, 0.5) is 0 Å². The van der Waals surface area contributed by atoms with Crippen molar-refractivity contribution in [3.63, 3.8) is 0 Å². The summed E-state index contributed by atoms with van der Waals surface area (Å²) in [4.78, 5) is 27.5. The summed E-state index contributed by atoms with van der Waals surface area (Å²) in [7, 11) is 0. The second kappa shape index (κ2) is 13.0. The summed E-state index contributed by atoms with van der Waals surface area (Å²) in [5.74, 6) is 1.15.